The van der Waals surface area contributed by atoms with Crippen LogP contribution in [0.1, 0.15) is 45.4 Å². The minimum atomic E-state index is 0.0712. The second kappa shape index (κ2) is 7.10. The van der Waals surface area contributed by atoms with E-state index in [1.165, 1.54) is 12.8 Å². The minimum Gasteiger partial charge on any atom is -0.380 e. The largest absolute Gasteiger partial charge is 0.380 e. The van der Waals surface area contributed by atoms with Gasteiger partial charge in [-0.15, -0.1) is 0 Å². The summed E-state index contributed by atoms with van der Waals surface area (Å²) in [5.74, 6) is 0.284. The van der Waals surface area contributed by atoms with Crippen molar-refractivity contribution in [2.45, 2.75) is 57.5 Å². The lowest BCUT2D eigenvalue weighted by Gasteiger charge is -2.32. The molecule has 0 aromatic rings. The van der Waals surface area contributed by atoms with Crippen LogP contribution < -0.4 is 5.32 Å². The van der Waals surface area contributed by atoms with Gasteiger partial charge in [-0.2, -0.15) is 0 Å². The Morgan fingerprint density at radius 1 is 1.33 bits per heavy atom. The van der Waals surface area contributed by atoms with E-state index in [0.717, 1.165) is 45.4 Å². The maximum absolute atomic E-state index is 12.2. The summed E-state index contributed by atoms with van der Waals surface area (Å²) >= 11 is 0. The van der Waals surface area contributed by atoms with E-state index in [2.05, 4.69) is 12.2 Å². The van der Waals surface area contributed by atoms with Crippen molar-refractivity contribution in [2.75, 3.05) is 26.3 Å². The van der Waals surface area contributed by atoms with E-state index in [0.29, 0.717) is 12.6 Å². The van der Waals surface area contributed by atoms with E-state index in [1.54, 1.807) is 0 Å². The van der Waals surface area contributed by atoms with Gasteiger partial charge in [0.2, 0.25) is 5.91 Å². The molecule has 1 atom stereocenters. The number of piperidine rings is 1. The zero-order chi connectivity index (χ0) is 12.8. The molecule has 2 aliphatic rings. The van der Waals surface area contributed by atoms with Crippen LogP contribution in [0.25, 0.3) is 0 Å². The molecule has 1 aliphatic heterocycles. The van der Waals surface area contributed by atoms with Crippen LogP contribution in [-0.4, -0.2) is 49.2 Å². The molecule has 0 aromatic heterocycles. The topological polar surface area (TPSA) is 41.6 Å². The van der Waals surface area contributed by atoms with Crippen LogP contribution in [0.5, 0.6) is 0 Å². The third-order valence-corrected chi connectivity index (χ3v) is 3.69. The van der Waals surface area contributed by atoms with Crippen LogP contribution in [0, 0.1) is 0 Å². The van der Waals surface area contributed by atoms with Gasteiger partial charge in [0, 0.05) is 25.7 Å². The number of carbonyl (C=O) groups excluding carboxylic acids is 1. The standard InChI is InChI=1S/C14H26N2O2/c1-2-3-10-18-11-9-16-8-4-5-13(14(16)17)15-12-6-7-12/h12-13,15H,2-11H2,1H3. The third kappa shape index (κ3) is 4.25. The lowest BCUT2D eigenvalue weighted by atomic mass is 10.0. The van der Waals surface area contributed by atoms with E-state index in [-0.39, 0.29) is 11.9 Å². The highest BCUT2D eigenvalue weighted by Crippen LogP contribution is 2.22. The highest BCUT2D eigenvalue weighted by Gasteiger charge is 2.32. The van der Waals surface area contributed by atoms with Crippen molar-refractivity contribution in [1.29, 1.82) is 0 Å². The van der Waals surface area contributed by atoms with Gasteiger partial charge in [-0.05, 0) is 32.1 Å². The maximum Gasteiger partial charge on any atom is 0.239 e. The van der Waals surface area contributed by atoms with Crippen LogP contribution >= 0.6 is 0 Å². The quantitative estimate of drug-likeness (QED) is 0.668. The molecule has 2 rings (SSSR count). The van der Waals surface area contributed by atoms with Crippen LogP contribution in [0.4, 0.5) is 0 Å². The third-order valence-electron chi connectivity index (χ3n) is 3.69. The van der Waals surface area contributed by atoms with Crippen LogP contribution in [0.3, 0.4) is 0 Å². The molecule has 2 fully saturated rings. The summed E-state index contributed by atoms with van der Waals surface area (Å²) < 4.78 is 5.54. The predicted octanol–water partition coefficient (Wildman–Crippen LogP) is 1.55. The number of amides is 1. The van der Waals surface area contributed by atoms with Crippen molar-refractivity contribution in [3.8, 4) is 0 Å². The first kappa shape index (κ1) is 13.8. The average molecular weight is 254 g/mol. The first-order valence-corrected chi connectivity index (χ1v) is 7.44. The van der Waals surface area contributed by atoms with E-state index in [4.69, 9.17) is 4.74 Å². The van der Waals surface area contributed by atoms with Gasteiger partial charge in [0.05, 0.1) is 12.6 Å². The molecule has 0 spiro atoms. The van der Waals surface area contributed by atoms with Crippen molar-refractivity contribution in [2.24, 2.45) is 0 Å². The van der Waals surface area contributed by atoms with E-state index >= 15 is 0 Å². The lowest BCUT2D eigenvalue weighted by molar-refractivity contribution is -0.136. The van der Waals surface area contributed by atoms with Crippen LogP contribution in [0.2, 0.25) is 0 Å². The molecule has 0 radical (unpaired) electrons. The van der Waals surface area contributed by atoms with Gasteiger partial charge in [0.1, 0.15) is 0 Å². The molecule has 1 aliphatic carbocycles. The van der Waals surface area contributed by atoms with Crippen molar-refractivity contribution in [3.05, 3.63) is 0 Å². The molecule has 1 heterocycles. The van der Waals surface area contributed by atoms with Crippen molar-refractivity contribution < 1.29 is 9.53 Å². The van der Waals surface area contributed by atoms with Gasteiger partial charge in [-0.1, -0.05) is 13.3 Å². The van der Waals surface area contributed by atoms with Gasteiger partial charge in [0.25, 0.3) is 0 Å². The van der Waals surface area contributed by atoms with E-state index < -0.39 is 0 Å². The monoisotopic (exact) mass is 254 g/mol. The Bertz CT molecular complexity index is 267. The normalized spacial score (nSPS) is 24.6. The second-order valence-electron chi connectivity index (χ2n) is 5.43. The summed E-state index contributed by atoms with van der Waals surface area (Å²) in [7, 11) is 0. The van der Waals surface area contributed by atoms with Crippen LogP contribution in [0.15, 0.2) is 0 Å². The fourth-order valence-electron chi connectivity index (χ4n) is 2.37. The zero-order valence-electron chi connectivity index (χ0n) is 11.5. The van der Waals surface area contributed by atoms with Gasteiger partial charge in [-0.3, -0.25) is 4.79 Å². The van der Waals surface area contributed by atoms with Gasteiger partial charge in [0.15, 0.2) is 0 Å². The summed E-state index contributed by atoms with van der Waals surface area (Å²) in [5.41, 5.74) is 0. The van der Waals surface area contributed by atoms with Gasteiger partial charge >= 0.3 is 0 Å². The highest BCUT2D eigenvalue weighted by molar-refractivity contribution is 5.82. The molecule has 18 heavy (non-hydrogen) atoms. The molecule has 104 valence electrons. The van der Waals surface area contributed by atoms with E-state index in [9.17, 15) is 4.79 Å². The fourth-order valence-corrected chi connectivity index (χ4v) is 2.37. The average Bonchev–Trinajstić information content (AvgIpc) is 3.17. The Hall–Kier alpha value is -0.610. The molecule has 1 saturated heterocycles. The Morgan fingerprint density at radius 3 is 2.89 bits per heavy atom. The Kier molecular flexibility index (Phi) is 5.45. The number of hydrogen-bond donors (Lipinski definition) is 1. The maximum atomic E-state index is 12.2. The fraction of sp³-hybridized carbons (Fsp3) is 0.929. The smallest absolute Gasteiger partial charge is 0.239 e. The molecule has 0 bridgehead atoms. The Morgan fingerprint density at radius 2 is 2.17 bits per heavy atom. The predicted molar refractivity (Wildman–Crippen MR) is 71.5 cm³/mol. The van der Waals surface area contributed by atoms with Crippen molar-refractivity contribution >= 4 is 5.91 Å². The van der Waals surface area contributed by atoms with Crippen molar-refractivity contribution in [3.63, 3.8) is 0 Å². The number of nitrogens with one attached hydrogen (secondary N) is 1. The summed E-state index contributed by atoms with van der Waals surface area (Å²) in [6.45, 7) is 5.32. The highest BCUT2D eigenvalue weighted by atomic mass is 16.5. The Labute approximate surface area is 110 Å². The van der Waals surface area contributed by atoms with Gasteiger partial charge in [-0.25, -0.2) is 0 Å². The molecular weight excluding hydrogens is 228 g/mol. The molecule has 1 amide bonds. The molecule has 0 aromatic carbocycles. The second-order valence-corrected chi connectivity index (χ2v) is 5.43. The molecule has 4 heteroatoms. The molecule has 1 unspecified atom stereocenters. The number of unbranched alkanes of at least 4 members (excludes halogenated alkanes) is 1. The Balaban J connectivity index is 1.65. The SMILES string of the molecule is CCCCOCCN1CCCC(NC2CC2)C1=O. The summed E-state index contributed by atoms with van der Waals surface area (Å²) in [5, 5.41) is 3.45. The summed E-state index contributed by atoms with van der Waals surface area (Å²) in [4.78, 5) is 14.2. The molecule has 1 saturated carbocycles. The number of nitrogens with zero attached hydrogens (tertiary/aromatic N) is 1. The van der Waals surface area contributed by atoms with Crippen LogP contribution in [-0.2, 0) is 9.53 Å². The molecule has 1 N–H and O–H groups in total. The number of ether oxygens (including phenoxy) is 1. The number of hydrogen-bond acceptors (Lipinski definition) is 3. The molecular formula is C14H26N2O2. The van der Waals surface area contributed by atoms with E-state index in [1.807, 2.05) is 4.90 Å². The first-order valence-electron chi connectivity index (χ1n) is 7.44. The van der Waals surface area contributed by atoms with Gasteiger partial charge < -0.3 is 15.0 Å². The summed E-state index contributed by atoms with van der Waals surface area (Å²) in [6, 6.07) is 0.682. The lowest BCUT2D eigenvalue weighted by Crippen LogP contribution is -2.52. The van der Waals surface area contributed by atoms with Crippen molar-refractivity contribution in [1.82, 2.24) is 10.2 Å². The minimum absolute atomic E-state index is 0.0712. The molecule has 4 nitrogen and oxygen atoms in total. The summed E-state index contributed by atoms with van der Waals surface area (Å²) in [6.07, 6.45) is 6.87. The zero-order valence-corrected chi connectivity index (χ0v) is 11.5. The number of carbonyl (C=O) groups is 1. The number of rotatable bonds is 8. The number of likely N-dealkylation sites (tertiary alicyclic amines) is 1. The first-order chi connectivity index (χ1) is 8.81.